The summed E-state index contributed by atoms with van der Waals surface area (Å²) in [5, 5.41) is 6.01. The van der Waals surface area contributed by atoms with Crippen molar-refractivity contribution in [2.24, 2.45) is 4.99 Å². The van der Waals surface area contributed by atoms with E-state index in [9.17, 15) is 26.0 Å². The summed E-state index contributed by atoms with van der Waals surface area (Å²) in [6.45, 7) is 2.15. The second-order valence-corrected chi connectivity index (χ2v) is 8.95. The van der Waals surface area contributed by atoms with E-state index in [4.69, 9.17) is 0 Å². The Morgan fingerprint density at radius 2 is 1.87 bits per heavy atom. The van der Waals surface area contributed by atoms with Crippen LogP contribution in [0.25, 0.3) is 0 Å². The number of rotatable bonds is 10. The molecule has 6 nitrogen and oxygen atoms in total. The lowest BCUT2D eigenvalue weighted by Crippen LogP contribution is -2.39. The van der Waals surface area contributed by atoms with Crippen LogP contribution < -0.4 is 10.6 Å². The number of aliphatic imine (C=N–C) groups is 1. The third-order valence-electron chi connectivity index (χ3n) is 3.80. The standard InChI is InChI=1S/C18H28F4N4O2S.HI/c1-4-23-17(24-8-5-9-26(2)13-18(20,21)22)25-11-15-10-16(19)7-6-14(15)12-29(3,27)28;/h6-7,10H,4-5,8-9,11-13H2,1-3H3,(H2,23,24,25);1H. The predicted molar refractivity (Wildman–Crippen MR) is 121 cm³/mol. The maximum Gasteiger partial charge on any atom is 0.401 e. The van der Waals surface area contributed by atoms with Crippen molar-refractivity contribution in [1.29, 1.82) is 0 Å². The minimum absolute atomic E-state index is 0. The Bertz CT molecular complexity index is 789. The largest absolute Gasteiger partial charge is 0.401 e. The zero-order valence-electron chi connectivity index (χ0n) is 17.2. The summed E-state index contributed by atoms with van der Waals surface area (Å²) in [6, 6.07) is 3.88. The van der Waals surface area contributed by atoms with E-state index >= 15 is 0 Å². The number of alkyl halides is 3. The van der Waals surface area contributed by atoms with Crippen LogP contribution in [0.3, 0.4) is 0 Å². The highest BCUT2D eigenvalue weighted by Crippen LogP contribution is 2.16. The molecule has 0 aliphatic rings. The minimum atomic E-state index is -4.23. The zero-order valence-corrected chi connectivity index (χ0v) is 20.4. The molecule has 0 unspecified atom stereocenters. The quantitative estimate of drug-likeness (QED) is 0.149. The monoisotopic (exact) mass is 568 g/mol. The van der Waals surface area contributed by atoms with E-state index in [1.54, 1.807) is 0 Å². The van der Waals surface area contributed by atoms with Crippen molar-refractivity contribution in [2.75, 3.05) is 39.5 Å². The van der Waals surface area contributed by atoms with Crippen LogP contribution in [0, 0.1) is 5.82 Å². The Kier molecular flexibility index (Phi) is 12.8. The molecule has 0 bridgehead atoms. The van der Waals surface area contributed by atoms with Gasteiger partial charge in [0.15, 0.2) is 15.8 Å². The van der Waals surface area contributed by atoms with Gasteiger partial charge in [0.25, 0.3) is 0 Å². The lowest BCUT2D eigenvalue weighted by molar-refractivity contribution is -0.143. The third kappa shape index (κ3) is 13.2. The van der Waals surface area contributed by atoms with Gasteiger partial charge in [-0.25, -0.2) is 17.8 Å². The van der Waals surface area contributed by atoms with E-state index in [0.29, 0.717) is 36.6 Å². The van der Waals surface area contributed by atoms with Gasteiger partial charge in [0.05, 0.1) is 18.8 Å². The SMILES string of the molecule is CCNC(=NCc1cc(F)ccc1CS(C)(=O)=O)NCCCN(C)CC(F)(F)F.I. The highest BCUT2D eigenvalue weighted by atomic mass is 127. The summed E-state index contributed by atoms with van der Waals surface area (Å²) in [5.74, 6) is -0.285. The van der Waals surface area contributed by atoms with E-state index in [0.717, 1.165) is 6.26 Å². The molecule has 1 aromatic rings. The summed E-state index contributed by atoms with van der Waals surface area (Å²) in [6.07, 6.45) is -2.66. The van der Waals surface area contributed by atoms with Crippen LogP contribution in [0.1, 0.15) is 24.5 Å². The number of halogens is 5. The van der Waals surface area contributed by atoms with Crippen LogP contribution in [0.2, 0.25) is 0 Å². The Hall–Kier alpha value is -1.15. The average molecular weight is 568 g/mol. The third-order valence-corrected chi connectivity index (χ3v) is 4.63. The average Bonchev–Trinajstić information content (AvgIpc) is 2.55. The molecule has 174 valence electrons. The Labute approximate surface area is 192 Å². The van der Waals surface area contributed by atoms with Gasteiger partial charge in [0.2, 0.25) is 0 Å². The smallest absolute Gasteiger partial charge is 0.357 e. The first-order valence-electron chi connectivity index (χ1n) is 9.12. The van der Waals surface area contributed by atoms with Gasteiger partial charge < -0.3 is 10.6 Å². The van der Waals surface area contributed by atoms with Crippen LogP contribution in [0.5, 0.6) is 0 Å². The van der Waals surface area contributed by atoms with Gasteiger partial charge in [-0.05, 0) is 50.2 Å². The summed E-state index contributed by atoms with van der Waals surface area (Å²) in [7, 11) is -1.88. The molecule has 30 heavy (non-hydrogen) atoms. The van der Waals surface area contributed by atoms with Crippen LogP contribution in [0.15, 0.2) is 23.2 Å². The first-order valence-corrected chi connectivity index (χ1v) is 11.2. The lowest BCUT2D eigenvalue weighted by atomic mass is 10.1. The van der Waals surface area contributed by atoms with Crippen LogP contribution in [-0.2, 0) is 22.1 Å². The van der Waals surface area contributed by atoms with Crippen LogP contribution >= 0.6 is 24.0 Å². The fourth-order valence-corrected chi connectivity index (χ4v) is 3.46. The van der Waals surface area contributed by atoms with Crippen LogP contribution in [0.4, 0.5) is 17.6 Å². The number of hydrogen-bond donors (Lipinski definition) is 2. The van der Waals surface area contributed by atoms with Gasteiger partial charge in [-0.3, -0.25) is 4.90 Å². The van der Waals surface area contributed by atoms with E-state index in [1.807, 2.05) is 6.92 Å². The lowest BCUT2D eigenvalue weighted by Gasteiger charge is -2.19. The molecule has 0 aliphatic heterocycles. The molecule has 0 saturated heterocycles. The van der Waals surface area contributed by atoms with Crippen molar-refractivity contribution in [3.8, 4) is 0 Å². The molecule has 0 amide bonds. The van der Waals surface area contributed by atoms with Gasteiger partial charge in [0.1, 0.15) is 5.82 Å². The van der Waals surface area contributed by atoms with E-state index in [1.165, 1.54) is 30.1 Å². The molecule has 0 radical (unpaired) electrons. The van der Waals surface area contributed by atoms with Crippen molar-refractivity contribution in [2.45, 2.75) is 31.8 Å². The highest BCUT2D eigenvalue weighted by Gasteiger charge is 2.28. The van der Waals surface area contributed by atoms with Crippen molar-refractivity contribution in [3.05, 3.63) is 35.1 Å². The van der Waals surface area contributed by atoms with Gasteiger partial charge in [-0.1, -0.05) is 6.07 Å². The summed E-state index contributed by atoms with van der Waals surface area (Å²) >= 11 is 0. The van der Waals surface area contributed by atoms with E-state index < -0.39 is 28.4 Å². The van der Waals surface area contributed by atoms with E-state index in [2.05, 4.69) is 15.6 Å². The number of benzene rings is 1. The molecular weight excluding hydrogens is 539 g/mol. The van der Waals surface area contributed by atoms with Crippen molar-refractivity contribution < 1.29 is 26.0 Å². The van der Waals surface area contributed by atoms with Gasteiger partial charge >= 0.3 is 6.18 Å². The molecule has 0 saturated carbocycles. The second kappa shape index (κ2) is 13.3. The highest BCUT2D eigenvalue weighted by molar-refractivity contribution is 14.0. The van der Waals surface area contributed by atoms with Crippen molar-refractivity contribution in [3.63, 3.8) is 0 Å². The first-order chi connectivity index (χ1) is 13.4. The Morgan fingerprint density at radius 3 is 2.43 bits per heavy atom. The molecule has 2 N–H and O–H groups in total. The van der Waals surface area contributed by atoms with E-state index in [-0.39, 0.29) is 42.8 Å². The molecular formula is C18H29F4IN4O2S. The number of nitrogens with zero attached hydrogens (tertiary/aromatic N) is 2. The number of sulfone groups is 1. The zero-order chi connectivity index (χ0) is 22.1. The number of guanidine groups is 1. The maximum atomic E-state index is 13.6. The molecule has 0 spiro atoms. The number of hydrogen-bond acceptors (Lipinski definition) is 4. The molecule has 12 heteroatoms. The van der Waals surface area contributed by atoms with Gasteiger partial charge in [-0.2, -0.15) is 13.2 Å². The fourth-order valence-electron chi connectivity index (χ4n) is 2.61. The molecule has 0 heterocycles. The fraction of sp³-hybridized carbons (Fsp3) is 0.611. The predicted octanol–water partition coefficient (Wildman–Crippen LogP) is 2.93. The second-order valence-electron chi connectivity index (χ2n) is 6.81. The summed E-state index contributed by atoms with van der Waals surface area (Å²) in [4.78, 5) is 5.52. The molecule has 1 rings (SSSR count). The van der Waals surface area contributed by atoms with Gasteiger partial charge in [0, 0.05) is 19.3 Å². The summed E-state index contributed by atoms with van der Waals surface area (Å²) < 4.78 is 73.7. The Balaban J connectivity index is 0.00000841. The van der Waals surface area contributed by atoms with Crippen molar-refractivity contribution in [1.82, 2.24) is 15.5 Å². The molecule has 0 atom stereocenters. The molecule has 0 aliphatic carbocycles. The normalized spacial score (nSPS) is 12.6. The topological polar surface area (TPSA) is 73.8 Å². The first kappa shape index (κ1) is 28.9. The van der Waals surface area contributed by atoms with Gasteiger partial charge in [-0.15, -0.1) is 24.0 Å². The molecule has 0 fully saturated rings. The van der Waals surface area contributed by atoms with Crippen LogP contribution in [-0.4, -0.2) is 64.9 Å². The number of nitrogens with one attached hydrogen (secondary N) is 2. The molecule has 0 aromatic heterocycles. The minimum Gasteiger partial charge on any atom is -0.357 e. The Morgan fingerprint density at radius 1 is 1.20 bits per heavy atom. The maximum absolute atomic E-state index is 13.6. The summed E-state index contributed by atoms with van der Waals surface area (Å²) in [5.41, 5.74) is 0.930. The van der Waals surface area contributed by atoms with Crippen molar-refractivity contribution >= 4 is 39.8 Å². The molecule has 1 aromatic carbocycles.